The molecule has 2 rings (SSSR count). The number of Topliss-reactive ketones (excluding diaryl/α,β-unsaturated/α-hetero) is 1. The van der Waals surface area contributed by atoms with Crippen LogP contribution in [0.25, 0.3) is 0 Å². The van der Waals surface area contributed by atoms with Crippen LogP contribution in [0.1, 0.15) is 25.3 Å². The number of hydrogen-bond acceptors (Lipinski definition) is 4. The molecule has 1 atom stereocenters. The van der Waals surface area contributed by atoms with Crippen molar-refractivity contribution in [3.63, 3.8) is 0 Å². The molecule has 1 heterocycles. The third-order valence-electron chi connectivity index (χ3n) is 3.36. The van der Waals surface area contributed by atoms with Crippen LogP contribution in [-0.4, -0.2) is 38.4 Å². The maximum absolute atomic E-state index is 11.2. The van der Waals surface area contributed by atoms with E-state index in [1.54, 1.807) is 13.0 Å². The summed E-state index contributed by atoms with van der Waals surface area (Å²) in [7, 11) is 0. The number of phenols is 1. The number of aromatic hydroxyl groups is 1. The summed E-state index contributed by atoms with van der Waals surface area (Å²) >= 11 is 7.24. The number of phenolic OH excluding ortho intramolecular Hbond substituents is 1. The summed E-state index contributed by atoms with van der Waals surface area (Å²) in [6.45, 7) is 2.49. The van der Waals surface area contributed by atoms with Crippen molar-refractivity contribution in [2.45, 2.75) is 31.6 Å². The van der Waals surface area contributed by atoms with Gasteiger partial charge < -0.3 is 10.0 Å². The highest BCUT2D eigenvalue weighted by Gasteiger charge is 2.27. The second-order valence-corrected chi connectivity index (χ2v) is 6.72. The second-order valence-electron chi connectivity index (χ2n) is 4.96. The lowest BCUT2D eigenvalue weighted by Gasteiger charge is -2.26. The van der Waals surface area contributed by atoms with Gasteiger partial charge in [-0.15, -0.1) is 11.8 Å². The molecule has 1 aliphatic rings. The van der Waals surface area contributed by atoms with Crippen LogP contribution in [0.2, 0.25) is 0 Å². The Balaban J connectivity index is 1.93. The molecule has 1 fully saturated rings. The average Bonchev–Trinajstić information content (AvgIpc) is 2.85. The van der Waals surface area contributed by atoms with Gasteiger partial charge in [0.25, 0.3) is 0 Å². The Morgan fingerprint density at radius 1 is 1.50 bits per heavy atom. The van der Waals surface area contributed by atoms with E-state index in [4.69, 9.17) is 12.2 Å². The summed E-state index contributed by atoms with van der Waals surface area (Å²) < 4.78 is 0. The van der Waals surface area contributed by atoms with Crippen LogP contribution in [0.5, 0.6) is 5.75 Å². The lowest BCUT2D eigenvalue weighted by atomic mass is 10.1. The van der Waals surface area contributed by atoms with Crippen LogP contribution in [0.4, 0.5) is 0 Å². The number of benzene rings is 1. The summed E-state index contributed by atoms with van der Waals surface area (Å²) in [6.07, 6.45) is 2.12. The van der Waals surface area contributed by atoms with Gasteiger partial charge in [-0.1, -0.05) is 30.4 Å². The van der Waals surface area contributed by atoms with Crippen molar-refractivity contribution in [1.29, 1.82) is 0 Å². The Morgan fingerprint density at radius 2 is 2.25 bits per heavy atom. The molecule has 3 nitrogen and oxygen atoms in total. The maximum Gasteiger partial charge on any atom is 0.136 e. The molecule has 108 valence electrons. The molecule has 1 aromatic carbocycles. The molecule has 1 saturated heterocycles. The zero-order chi connectivity index (χ0) is 14.5. The molecule has 0 saturated carbocycles. The summed E-state index contributed by atoms with van der Waals surface area (Å²) in [5.74, 6) is 1.52. The van der Waals surface area contributed by atoms with E-state index in [9.17, 15) is 9.90 Å². The standard InChI is InChI=1S/C15H19NO2S2/c1-11(17)10-14(19)16-8-9-20-15(16)7-6-12-4-2-3-5-13(12)18/h2-5,15,18H,6-10H2,1H3. The summed E-state index contributed by atoms with van der Waals surface area (Å²) in [6, 6.07) is 7.44. The van der Waals surface area contributed by atoms with Crippen molar-refractivity contribution in [2.24, 2.45) is 0 Å². The van der Waals surface area contributed by atoms with Crippen molar-refractivity contribution in [1.82, 2.24) is 4.90 Å². The van der Waals surface area contributed by atoms with Gasteiger partial charge in [-0.25, -0.2) is 0 Å². The van der Waals surface area contributed by atoms with Crippen molar-refractivity contribution >= 4 is 34.8 Å². The van der Waals surface area contributed by atoms with Gasteiger partial charge in [0.1, 0.15) is 11.5 Å². The van der Waals surface area contributed by atoms with Crippen LogP contribution in [0, 0.1) is 0 Å². The minimum absolute atomic E-state index is 0.117. The van der Waals surface area contributed by atoms with E-state index >= 15 is 0 Å². The zero-order valence-corrected chi connectivity index (χ0v) is 13.2. The molecule has 1 N–H and O–H groups in total. The summed E-state index contributed by atoms with van der Waals surface area (Å²) in [4.78, 5) is 14.1. The molecule has 0 spiro atoms. The number of carbonyl (C=O) groups is 1. The maximum atomic E-state index is 11.2. The Bertz CT molecular complexity index is 504. The highest BCUT2D eigenvalue weighted by atomic mass is 32.2. The Hall–Kier alpha value is -1.07. The molecular formula is C15H19NO2S2. The fourth-order valence-corrected chi connectivity index (χ4v) is 4.12. The normalized spacial score (nSPS) is 18.2. The Labute approximate surface area is 129 Å². The van der Waals surface area contributed by atoms with Gasteiger partial charge >= 0.3 is 0 Å². The SMILES string of the molecule is CC(=O)CC(=S)N1CCSC1CCc1ccccc1O. The first-order valence-electron chi connectivity index (χ1n) is 6.75. The van der Waals surface area contributed by atoms with E-state index in [0.717, 1.165) is 35.7 Å². The van der Waals surface area contributed by atoms with Gasteiger partial charge in [0.05, 0.1) is 16.8 Å². The molecule has 1 aromatic rings. The van der Waals surface area contributed by atoms with Gasteiger partial charge in [0, 0.05) is 12.3 Å². The van der Waals surface area contributed by atoms with Gasteiger partial charge in [0.2, 0.25) is 0 Å². The largest absolute Gasteiger partial charge is 0.508 e. The highest BCUT2D eigenvalue weighted by Crippen LogP contribution is 2.30. The number of carbonyl (C=O) groups excluding carboxylic acids is 1. The lowest BCUT2D eigenvalue weighted by Crippen LogP contribution is -2.34. The van der Waals surface area contributed by atoms with Crippen molar-refractivity contribution in [3.05, 3.63) is 29.8 Å². The number of hydrogen-bond donors (Lipinski definition) is 1. The number of aryl methyl sites for hydroxylation is 1. The van der Waals surface area contributed by atoms with Gasteiger partial charge in [-0.05, 0) is 31.4 Å². The second kappa shape index (κ2) is 7.09. The molecular weight excluding hydrogens is 290 g/mol. The number of rotatable bonds is 5. The predicted octanol–water partition coefficient (Wildman–Crippen LogP) is 3.01. The van der Waals surface area contributed by atoms with Crippen molar-refractivity contribution in [3.8, 4) is 5.75 Å². The van der Waals surface area contributed by atoms with Crippen LogP contribution in [0.3, 0.4) is 0 Å². The van der Waals surface area contributed by atoms with E-state index in [1.165, 1.54) is 0 Å². The van der Waals surface area contributed by atoms with Gasteiger partial charge in [-0.2, -0.15) is 0 Å². The molecule has 0 amide bonds. The molecule has 0 aromatic heterocycles. The fraction of sp³-hybridized carbons (Fsp3) is 0.467. The number of thioether (sulfide) groups is 1. The summed E-state index contributed by atoms with van der Waals surface area (Å²) in [5, 5.41) is 10.1. The summed E-state index contributed by atoms with van der Waals surface area (Å²) in [5.41, 5.74) is 0.970. The monoisotopic (exact) mass is 309 g/mol. The Kier molecular flexibility index (Phi) is 5.43. The van der Waals surface area contributed by atoms with E-state index in [2.05, 4.69) is 4.90 Å². The third-order valence-corrected chi connectivity index (χ3v) is 5.03. The fourth-order valence-electron chi connectivity index (χ4n) is 2.36. The van der Waals surface area contributed by atoms with Crippen LogP contribution < -0.4 is 0 Å². The first-order valence-corrected chi connectivity index (χ1v) is 8.21. The third kappa shape index (κ3) is 3.96. The van der Waals surface area contributed by atoms with Crippen LogP contribution in [0.15, 0.2) is 24.3 Å². The lowest BCUT2D eigenvalue weighted by molar-refractivity contribution is -0.115. The molecule has 5 heteroatoms. The minimum Gasteiger partial charge on any atom is -0.508 e. The quantitative estimate of drug-likeness (QED) is 0.847. The molecule has 0 aliphatic carbocycles. The van der Waals surface area contributed by atoms with Crippen molar-refractivity contribution in [2.75, 3.05) is 12.3 Å². The number of thiocarbonyl (C=S) groups is 1. The zero-order valence-electron chi connectivity index (χ0n) is 11.5. The van der Waals surface area contributed by atoms with Gasteiger partial charge in [-0.3, -0.25) is 4.79 Å². The van der Waals surface area contributed by atoms with E-state index in [1.807, 2.05) is 30.0 Å². The van der Waals surface area contributed by atoms with Crippen molar-refractivity contribution < 1.29 is 9.90 Å². The van der Waals surface area contributed by atoms with Crippen LogP contribution in [-0.2, 0) is 11.2 Å². The van der Waals surface area contributed by atoms with Gasteiger partial charge in [0.15, 0.2) is 0 Å². The Morgan fingerprint density at radius 3 is 2.95 bits per heavy atom. The van der Waals surface area contributed by atoms with Crippen LogP contribution >= 0.6 is 24.0 Å². The topological polar surface area (TPSA) is 40.5 Å². The molecule has 1 unspecified atom stereocenters. The molecule has 20 heavy (non-hydrogen) atoms. The van der Waals surface area contributed by atoms with E-state index < -0.39 is 0 Å². The molecule has 1 aliphatic heterocycles. The van der Waals surface area contributed by atoms with E-state index in [0.29, 0.717) is 17.5 Å². The first kappa shape index (κ1) is 15.3. The predicted molar refractivity (Wildman–Crippen MR) is 87.3 cm³/mol. The number of ketones is 1. The molecule has 0 bridgehead atoms. The highest BCUT2D eigenvalue weighted by molar-refractivity contribution is 8.00. The smallest absolute Gasteiger partial charge is 0.136 e. The number of nitrogens with zero attached hydrogens (tertiary/aromatic N) is 1. The molecule has 0 radical (unpaired) electrons. The van der Waals surface area contributed by atoms with E-state index in [-0.39, 0.29) is 5.78 Å². The average molecular weight is 309 g/mol. The minimum atomic E-state index is 0.117. The number of para-hydroxylation sites is 1. The first-order chi connectivity index (χ1) is 9.58.